The molecule has 0 saturated heterocycles. The molecule has 0 unspecified atom stereocenters. The first kappa shape index (κ1) is 20.3. The lowest BCUT2D eigenvalue weighted by atomic mass is 10.1. The summed E-state index contributed by atoms with van der Waals surface area (Å²) in [6.45, 7) is 0.148. The monoisotopic (exact) mass is 444 g/mol. The fourth-order valence-corrected chi connectivity index (χ4v) is 3.36. The number of nitrogen functional groups attached to an aromatic ring is 1. The second kappa shape index (κ2) is 7.83. The SMILES string of the molecule is N#CC1(C(=O)Nc2cnc(-c3cc(-c4ccon4)n(Cc4ccccc4F)n3)nc2N)CC1. The maximum absolute atomic E-state index is 14.2. The number of anilines is 2. The van der Waals surface area contributed by atoms with E-state index in [1.165, 1.54) is 18.5 Å². The van der Waals surface area contributed by atoms with E-state index in [1.54, 1.807) is 35.0 Å². The lowest BCUT2D eigenvalue weighted by Gasteiger charge is -2.10. The van der Waals surface area contributed by atoms with E-state index < -0.39 is 11.3 Å². The molecule has 0 aliphatic heterocycles. The van der Waals surface area contributed by atoms with Crippen LogP contribution in [-0.2, 0) is 11.3 Å². The molecule has 1 aliphatic carbocycles. The normalized spacial score (nSPS) is 13.9. The number of nitriles is 1. The first-order chi connectivity index (χ1) is 16.0. The van der Waals surface area contributed by atoms with E-state index in [4.69, 9.17) is 10.3 Å². The highest BCUT2D eigenvalue weighted by Crippen LogP contribution is 2.45. The first-order valence-electron chi connectivity index (χ1n) is 10.1. The quantitative estimate of drug-likeness (QED) is 0.461. The van der Waals surface area contributed by atoms with Crippen LogP contribution in [0.5, 0.6) is 0 Å². The highest BCUT2D eigenvalue weighted by atomic mass is 19.1. The molecule has 1 fully saturated rings. The van der Waals surface area contributed by atoms with Crippen molar-refractivity contribution in [3.8, 4) is 29.0 Å². The Balaban J connectivity index is 1.47. The van der Waals surface area contributed by atoms with Gasteiger partial charge in [-0.1, -0.05) is 23.4 Å². The van der Waals surface area contributed by atoms with Gasteiger partial charge < -0.3 is 15.6 Å². The van der Waals surface area contributed by atoms with Crippen molar-refractivity contribution in [3.63, 3.8) is 0 Å². The van der Waals surface area contributed by atoms with E-state index in [9.17, 15) is 14.4 Å². The number of nitrogens with zero attached hydrogens (tertiary/aromatic N) is 6. The van der Waals surface area contributed by atoms with Crippen LogP contribution in [0.25, 0.3) is 22.9 Å². The second-order valence-electron chi connectivity index (χ2n) is 7.69. The van der Waals surface area contributed by atoms with Crippen molar-refractivity contribution in [2.75, 3.05) is 11.1 Å². The van der Waals surface area contributed by atoms with Gasteiger partial charge in [0.25, 0.3) is 0 Å². The smallest absolute Gasteiger partial charge is 0.244 e. The largest absolute Gasteiger partial charge is 0.382 e. The predicted molar refractivity (Wildman–Crippen MR) is 115 cm³/mol. The van der Waals surface area contributed by atoms with Crippen LogP contribution in [0.2, 0.25) is 0 Å². The molecule has 10 nitrogen and oxygen atoms in total. The lowest BCUT2D eigenvalue weighted by molar-refractivity contribution is -0.119. The number of aromatic nitrogens is 5. The molecule has 1 saturated carbocycles. The number of nitrogens with two attached hydrogens (primary N) is 1. The third-order valence-electron chi connectivity index (χ3n) is 5.45. The summed E-state index contributed by atoms with van der Waals surface area (Å²) in [6.07, 6.45) is 3.82. The van der Waals surface area contributed by atoms with Crippen LogP contribution in [0.4, 0.5) is 15.9 Å². The molecule has 11 heteroatoms. The summed E-state index contributed by atoms with van der Waals surface area (Å²) in [5.41, 5.74) is 7.16. The summed E-state index contributed by atoms with van der Waals surface area (Å²) in [5.74, 6) is -0.528. The van der Waals surface area contributed by atoms with Crippen LogP contribution in [0, 0.1) is 22.6 Å². The molecule has 1 aromatic carbocycles. The maximum Gasteiger partial charge on any atom is 0.244 e. The fourth-order valence-electron chi connectivity index (χ4n) is 3.36. The Morgan fingerprint density at radius 1 is 1.30 bits per heavy atom. The summed E-state index contributed by atoms with van der Waals surface area (Å²) in [5, 5.41) is 20.3. The van der Waals surface area contributed by atoms with Gasteiger partial charge in [0.05, 0.1) is 24.5 Å². The van der Waals surface area contributed by atoms with E-state index in [2.05, 4.69) is 25.5 Å². The molecule has 0 spiro atoms. The van der Waals surface area contributed by atoms with Crippen LogP contribution < -0.4 is 11.1 Å². The van der Waals surface area contributed by atoms with Crippen molar-refractivity contribution in [2.24, 2.45) is 5.41 Å². The summed E-state index contributed by atoms with van der Waals surface area (Å²) >= 11 is 0. The number of carbonyl (C=O) groups excluding carboxylic acids is 1. The van der Waals surface area contributed by atoms with Gasteiger partial charge in [0.1, 0.15) is 34.6 Å². The minimum absolute atomic E-state index is 0.0359. The zero-order valence-corrected chi connectivity index (χ0v) is 17.2. The van der Waals surface area contributed by atoms with Crippen molar-refractivity contribution in [3.05, 3.63) is 60.2 Å². The molecule has 1 aliphatic rings. The zero-order valence-electron chi connectivity index (χ0n) is 17.2. The molecule has 5 rings (SSSR count). The van der Waals surface area contributed by atoms with Crippen molar-refractivity contribution < 1.29 is 13.7 Å². The minimum Gasteiger partial charge on any atom is -0.382 e. The Labute approximate surface area is 186 Å². The van der Waals surface area contributed by atoms with Crippen molar-refractivity contribution in [2.45, 2.75) is 19.4 Å². The lowest BCUT2D eigenvalue weighted by Crippen LogP contribution is -2.23. The number of benzene rings is 1. The number of amides is 1. The summed E-state index contributed by atoms with van der Waals surface area (Å²) in [4.78, 5) is 20.8. The van der Waals surface area contributed by atoms with E-state index in [1.807, 2.05) is 6.07 Å². The Kier molecular flexibility index (Phi) is 4.82. The second-order valence-corrected chi connectivity index (χ2v) is 7.69. The van der Waals surface area contributed by atoms with Crippen LogP contribution in [-0.4, -0.2) is 30.8 Å². The van der Waals surface area contributed by atoms with E-state index in [-0.39, 0.29) is 29.7 Å². The summed E-state index contributed by atoms with van der Waals surface area (Å²) < 4.78 is 20.7. The molecule has 164 valence electrons. The Morgan fingerprint density at radius 2 is 2.12 bits per heavy atom. The molecule has 0 atom stereocenters. The maximum atomic E-state index is 14.2. The number of hydrogen-bond donors (Lipinski definition) is 2. The molecule has 33 heavy (non-hydrogen) atoms. The number of hydrogen-bond acceptors (Lipinski definition) is 8. The summed E-state index contributed by atoms with van der Waals surface area (Å²) in [6, 6.07) is 11.8. The van der Waals surface area contributed by atoms with Gasteiger partial charge in [-0.25, -0.2) is 14.4 Å². The van der Waals surface area contributed by atoms with Gasteiger partial charge in [0.2, 0.25) is 5.91 Å². The van der Waals surface area contributed by atoms with Gasteiger partial charge in [0, 0.05) is 11.6 Å². The van der Waals surface area contributed by atoms with Crippen LogP contribution in [0.15, 0.2) is 53.4 Å². The van der Waals surface area contributed by atoms with Crippen LogP contribution in [0.1, 0.15) is 18.4 Å². The molecule has 3 N–H and O–H groups in total. The minimum atomic E-state index is -0.997. The van der Waals surface area contributed by atoms with Crippen molar-refractivity contribution in [1.82, 2.24) is 24.9 Å². The third kappa shape index (κ3) is 3.78. The van der Waals surface area contributed by atoms with Crippen molar-refractivity contribution in [1.29, 1.82) is 5.26 Å². The van der Waals surface area contributed by atoms with Crippen molar-refractivity contribution >= 4 is 17.4 Å². The molecule has 4 aromatic rings. The molecular formula is C22H17FN8O2. The Morgan fingerprint density at radius 3 is 2.79 bits per heavy atom. The fraction of sp³-hybridized carbons (Fsp3) is 0.182. The van der Waals surface area contributed by atoms with Crippen LogP contribution >= 0.6 is 0 Å². The molecule has 3 aromatic heterocycles. The molecule has 0 bridgehead atoms. The number of halogens is 1. The summed E-state index contributed by atoms with van der Waals surface area (Å²) in [7, 11) is 0. The number of rotatable bonds is 6. The predicted octanol–water partition coefficient (Wildman–Crippen LogP) is 3.01. The highest BCUT2D eigenvalue weighted by molar-refractivity contribution is 6.00. The van der Waals surface area contributed by atoms with E-state index in [0.717, 1.165) is 0 Å². The molecule has 0 radical (unpaired) electrons. The highest BCUT2D eigenvalue weighted by Gasteiger charge is 2.50. The van der Waals surface area contributed by atoms with Crippen LogP contribution in [0.3, 0.4) is 0 Å². The Bertz CT molecular complexity index is 1390. The van der Waals surface area contributed by atoms with Gasteiger partial charge in [-0.15, -0.1) is 0 Å². The Hall–Kier alpha value is -4.59. The average molecular weight is 444 g/mol. The molecule has 1 amide bonds. The standard InChI is InChI=1S/C22H17FN8O2/c23-14-4-2-1-3-13(14)11-31-18(15-5-8-33-30-15)9-16(29-31)20-26-10-17(19(25)28-20)27-21(32)22(12-24)6-7-22/h1-5,8-10H,6-7,11H2,(H,27,32)(H2,25,26,28). The van der Waals surface area contributed by atoms with Gasteiger partial charge in [-0.3, -0.25) is 9.48 Å². The number of nitrogens with one attached hydrogen (secondary N) is 1. The van der Waals surface area contributed by atoms with Gasteiger partial charge >= 0.3 is 0 Å². The van der Waals surface area contributed by atoms with E-state index >= 15 is 0 Å². The van der Waals surface area contributed by atoms with Gasteiger partial charge in [0.15, 0.2) is 11.6 Å². The zero-order chi connectivity index (χ0) is 23.0. The first-order valence-corrected chi connectivity index (χ1v) is 10.1. The van der Waals surface area contributed by atoms with Gasteiger partial charge in [-0.05, 0) is 25.0 Å². The average Bonchev–Trinajstić information content (AvgIpc) is 3.22. The molecular weight excluding hydrogens is 427 g/mol. The number of carbonyl (C=O) groups is 1. The topological polar surface area (TPSA) is 149 Å². The third-order valence-corrected chi connectivity index (χ3v) is 5.45. The molecule has 3 heterocycles. The van der Waals surface area contributed by atoms with Gasteiger partial charge in [-0.2, -0.15) is 10.4 Å². The van der Waals surface area contributed by atoms with E-state index in [0.29, 0.717) is 35.5 Å².